The van der Waals surface area contributed by atoms with Crippen LogP contribution in [0.4, 0.5) is 13.2 Å². The highest BCUT2D eigenvalue weighted by Crippen LogP contribution is 2.45. The predicted octanol–water partition coefficient (Wildman–Crippen LogP) is 0.838. The van der Waals surface area contributed by atoms with E-state index in [-0.39, 0.29) is 17.2 Å². The van der Waals surface area contributed by atoms with Crippen molar-refractivity contribution in [3.8, 4) is 11.3 Å². The smallest absolute Gasteiger partial charge is 0.238 e. The van der Waals surface area contributed by atoms with Gasteiger partial charge in [0.05, 0.1) is 18.4 Å². The molecule has 4 N–H and O–H groups in total. The van der Waals surface area contributed by atoms with Crippen LogP contribution in [0.2, 0.25) is 0 Å². The van der Waals surface area contributed by atoms with Crippen LogP contribution < -0.4 is 0 Å². The Morgan fingerprint density at radius 1 is 1.27 bits per heavy atom. The largest absolute Gasteiger partial charge is 0.394 e. The minimum Gasteiger partial charge on any atom is -0.394 e. The minimum atomic E-state index is -1.64. The van der Waals surface area contributed by atoms with E-state index in [1.54, 1.807) is 14.0 Å². The fraction of sp³-hybridized carbons (Fsp3) is 0.609. The highest BCUT2D eigenvalue weighted by atomic mass is 32.2. The van der Waals surface area contributed by atoms with Crippen LogP contribution in [0.5, 0.6) is 0 Å². The Morgan fingerprint density at radius 3 is 2.46 bits per heavy atom. The van der Waals surface area contributed by atoms with Crippen molar-refractivity contribution in [3.05, 3.63) is 35.8 Å². The molecule has 0 spiro atoms. The lowest BCUT2D eigenvalue weighted by molar-refractivity contribution is -0.179. The molecule has 2 aromatic rings. The van der Waals surface area contributed by atoms with Gasteiger partial charge in [-0.2, -0.15) is 0 Å². The standard InChI is InChI=1S/C23H29F3N4O6S/c1-3-29(2)21(34)20(23(35)5-4-6-23)37-22-19(33)17(18(32)15(10-31)36-22)30-9-14(27-28-30)11-7-12(24)16(26)13(25)8-11/h7-9,15,17-20,22,31-33,35H,3-6,10H2,1-2H3/t15-,17+,18+,19-,20-,22+/m1/s1. The summed E-state index contributed by atoms with van der Waals surface area (Å²) in [7, 11) is 1.59. The topological polar surface area (TPSA) is 141 Å². The zero-order chi connectivity index (χ0) is 27.1. The van der Waals surface area contributed by atoms with Gasteiger partial charge in [0.1, 0.15) is 40.7 Å². The summed E-state index contributed by atoms with van der Waals surface area (Å²) >= 11 is 0.899. The molecule has 0 bridgehead atoms. The van der Waals surface area contributed by atoms with Crippen molar-refractivity contribution in [1.29, 1.82) is 0 Å². The van der Waals surface area contributed by atoms with Gasteiger partial charge >= 0.3 is 0 Å². The van der Waals surface area contributed by atoms with Crippen molar-refractivity contribution >= 4 is 17.7 Å². The van der Waals surface area contributed by atoms with Gasteiger partial charge in [-0.05, 0) is 38.3 Å². The molecule has 0 radical (unpaired) electrons. The number of hydrogen-bond acceptors (Lipinski definition) is 9. The fourth-order valence-electron chi connectivity index (χ4n) is 4.46. The van der Waals surface area contributed by atoms with Crippen molar-refractivity contribution in [2.45, 2.75) is 66.8 Å². The molecule has 4 rings (SSSR count). The minimum absolute atomic E-state index is 0.0603. The number of nitrogens with zero attached hydrogens (tertiary/aromatic N) is 4. The van der Waals surface area contributed by atoms with E-state index in [2.05, 4.69) is 10.3 Å². The summed E-state index contributed by atoms with van der Waals surface area (Å²) in [5, 5.41) is 49.6. The van der Waals surface area contributed by atoms with Crippen molar-refractivity contribution in [2.24, 2.45) is 0 Å². The van der Waals surface area contributed by atoms with E-state index in [1.165, 1.54) is 11.1 Å². The maximum absolute atomic E-state index is 13.7. The predicted molar refractivity (Wildman–Crippen MR) is 126 cm³/mol. The summed E-state index contributed by atoms with van der Waals surface area (Å²) < 4.78 is 47.6. The lowest BCUT2D eigenvalue weighted by atomic mass is 9.77. The van der Waals surface area contributed by atoms with Gasteiger partial charge in [0.2, 0.25) is 5.91 Å². The molecule has 2 fully saturated rings. The molecule has 1 amide bonds. The summed E-state index contributed by atoms with van der Waals surface area (Å²) in [6.07, 6.45) is -1.44. The van der Waals surface area contributed by atoms with Crippen molar-refractivity contribution < 1.29 is 43.1 Å². The second-order valence-electron chi connectivity index (χ2n) is 9.36. The maximum Gasteiger partial charge on any atom is 0.238 e. The molecule has 37 heavy (non-hydrogen) atoms. The Hall–Kier alpha value is -2.23. The highest BCUT2D eigenvalue weighted by Gasteiger charge is 2.53. The van der Waals surface area contributed by atoms with Crippen molar-refractivity contribution in [1.82, 2.24) is 19.9 Å². The highest BCUT2D eigenvalue weighted by molar-refractivity contribution is 8.01. The number of aliphatic hydroxyl groups is 4. The first-order valence-electron chi connectivity index (χ1n) is 11.8. The van der Waals surface area contributed by atoms with Gasteiger partial charge in [-0.25, -0.2) is 17.9 Å². The van der Waals surface area contributed by atoms with E-state index in [1.807, 2.05) is 0 Å². The average molecular weight is 547 g/mol. The number of benzene rings is 1. The monoisotopic (exact) mass is 546 g/mol. The zero-order valence-electron chi connectivity index (χ0n) is 20.2. The number of hydrogen-bond donors (Lipinski definition) is 4. The lowest BCUT2D eigenvalue weighted by Gasteiger charge is -2.47. The second-order valence-corrected chi connectivity index (χ2v) is 10.6. The van der Waals surface area contributed by atoms with Crippen LogP contribution in [0.25, 0.3) is 11.3 Å². The van der Waals surface area contributed by atoms with Crippen molar-refractivity contribution in [2.75, 3.05) is 20.2 Å². The molecule has 10 nitrogen and oxygen atoms in total. The number of aromatic nitrogens is 3. The number of rotatable bonds is 8. The third kappa shape index (κ3) is 5.22. The average Bonchev–Trinajstić information content (AvgIpc) is 3.34. The summed E-state index contributed by atoms with van der Waals surface area (Å²) in [6, 6.07) is 0.229. The van der Waals surface area contributed by atoms with Gasteiger partial charge in [0.25, 0.3) is 0 Å². The van der Waals surface area contributed by atoms with Gasteiger partial charge in [-0.1, -0.05) is 5.21 Å². The van der Waals surface area contributed by atoms with Crippen LogP contribution in [0.1, 0.15) is 32.2 Å². The number of carbonyl (C=O) groups is 1. The second kappa shape index (κ2) is 10.9. The first-order valence-corrected chi connectivity index (χ1v) is 12.8. The first-order chi connectivity index (χ1) is 17.5. The summed E-state index contributed by atoms with van der Waals surface area (Å²) in [6.45, 7) is 1.55. The van der Waals surface area contributed by atoms with E-state index >= 15 is 0 Å². The van der Waals surface area contributed by atoms with Crippen LogP contribution in [0.3, 0.4) is 0 Å². The maximum atomic E-state index is 13.7. The van der Waals surface area contributed by atoms with E-state index in [9.17, 15) is 38.4 Å². The molecule has 1 aliphatic carbocycles. The Bertz CT molecular complexity index is 1110. The molecule has 204 valence electrons. The van der Waals surface area contributed by atoms with Gasteiger partial charge in [-0.15, -0.1) is 16.9 Å². The number of thioether (sulfide) groups is 1. The summed E-state index contributed by atoms with van der Waals surface area (Å²) in [4.78, 5) is 14.5. The summed E-state index contributed by atoms with van der Waals surface area (Å²) in [5.74, 6) is -4.83. The zero-order valence-corrected chi connectivity index (χ0v) is 21.0. The molecule has 1 saturated heterocycles. The first kappa shape index (κ1) is 27.8. The Kier molecular flexibility index (Phi) is 8.16. The fourth-order valence-corrected chi connectivity index (χ4v) is 6.04. The van der Waals surface area contributed by atoms with Gasteiger partial charge in [0, 0.05) is 19.2 Å². The number of amides is 1. The molecule has 1 aliphatic heterocycles. The van der Waals surface area contributed by atoms with E-state index in [4.69, 9.17) is 4.74 Å². The molecule has 1 saturated carbocycles. The normalized spacial score (nSPS) is 28.0. The van der Waals surface area contributed by atoms with Gasteiger partial charge in [0.15, 0.2) is 17.5 Å². The Morgan fingerprint density at radius 2 is 1.92 bits per heavy atom. The van der Waals surface area contributed by atoms with Crippen LogP contribution in [-0.4, -0.2) is 101 Å². The number of aliphatic hydroxyl groups excluding tert-OH is 3. The molecular weight excluding hydrogens is 517 g/mol. The van der Waals surface area contributed by atoms with Crippen LogP contribution in [0.15, 0.2) is 18.3 Å². The van der Waals surface area contributed by atoms with Crippen LogP contribution in [-0.2, 0) is 9.53 Å². The molecule has 0 unspecified atom stereocenters. The quantitative estimate of drug-likeness (QED) is 0.355. The van der Waals surface area contributed by atoms with Crippen LogP contribution in [0, 0.1) is 17.5 Å². The molecule has 6 atom stereocenters. The lowest BCUT2D eigenvalue weighted by Crippen LogP contribution is -2.59. The molecule has 2 heterocycles. The van der Waals surface area contributed by atoms with E-state index in [0.717, 1.165) is 35.0 Å². The SMILES string of the molecule is CCN(C)C(=O)[C@@H](S[C@@H]1O[C@H](CO)[C@H](O)[C@H](n2cc(-c3cc(F)c(F)c(F)c3)nn2)[C@H]1O)C1(O)CCC1. The molecule has 14 heteroatoms. The molecular formula is C23H29F3N4O6S. The van der Waals surface area contributed by atoms with Gasteiger partial charge < -0.3 is 30.1 Å². The molecule has 1 aromatic carbocycles. The number of ether oxygens (including phenoxy) is 1. The Balaban J connectivity index is 1.63. The van der Waals surface area contributed by atoms with Gasteiger partial charge in [-0.3, -0.25) is 4.79 Å². The van der Waals surface area contributed by atoms with E-state index < -0.39 is 64.7 Å². The van der Waals surface area contributed by atoms with Crippen molar-refractivity contribution in [3.63, 3.8) is 0 Å². The summed E-state index contributed by atoms with van der Waals surface area (Å²) in [5.41, 5.74) is -2.65. The number of halogens is 3. The van der Waals surface area contributed by atoms with E-state index in [0.29, 0.717) is 19.4 Å². The van der Waals surface area contributed by atoms with Crippen LogP contribution >= 0.6 is 11.8 Å². The third-order valence-electron chi connectivity index (χ3n) is 7.00. The molecule has 1 aromatic heterocycles. The Labute approximate surface area is 215 Å². The number of carbonyl (C=O) groups excluding carboxylic acids is 1. The third-order valence-corrected chi connectivity index (χ3v) is 8.57. The molecule has 2 aliphatic rings.